The molecule has 1 fully saturated rings. The smallest absolute Gasteiger partial charge is 0.0589 e. The Morgan fingerprint density at radius 1 is 1.47 bits per heavy atom. The van der Waals surface area contributed by atoms with Crippen LogP contribution in [0.15, 0.2) is 0 Å². The molecule has 0 saturated carbocycles. The van der Waals surface area contributed by atoms with Crippen molar-refractivity contribution >= 4 is 0 Å². The van der Waals surface area contributed by atoms with Crippen LogP contribution in [0.25, 0.3) is 0 Å². The predicted octanol–water partition coefficient (Wildman–Crippen LogP) is 1.34. The van der Waals surface area contributed by atoms with Crippen LogP contribution < -0.4 is 5.32 Å². The van der Waals surface area contributed by atoms with Gasteiger partial charge in [-0.3, -0.25) is 4.90 Å². The molecule has 0 amide bonds. The normalized spacial score (nSPS) is 27.2. The highest BCUT2D eigenvalue weighted by atomic mass is 16.5. The average molecular weight is 214 g/mol. The average Bonchev–Trinajstić information content (AvgIpc) is 2.26. The van der Waals surface area contributed by atoms with Crippen LogP contribution >= 0.6 is 0 Å². The van der Waals surface area contributed by atoms with Crippen LogP contribution in [-0.2, 0) is 4.74 Å². The molecule has 2 atom stereocenters. The Kier molecular flexibility index (Phi) is 6.22. The van der Waals surface area contributed by atoms with Crippen LogP contribution in [0.5, 0.6) is 0 Å². The second-order valence-electron chi connectivity index (χ2n) is 4.57. The summed E-state index contributed by atoms with van der Waals surface area (Å²) in [6.07, 6.45) is 2.71. The van der Waals surface area contributed by atoms with E-state index in [0.29, 0.717) is 6.04 Å². The fraction of sp³-hybridized carbons (Fsp3) is 1.00. The van der Waals surface area contributed by atoms with Crippen molar-refractivity contribution in [2.24, 2.45) is 5.92 Å². The minimum Gasteiger partial charge on any atom is -0.383 e. The lowest BCUT2D eigenvalue weighted by molar-refractivity contribution is 0.132. The first-order valence-electron chi connectivity index (χ1n) is 6.22. The number of hydrogen-bond acceptors (Lipinski definition) is 3. The summed E-state index contributed by atoms with van der Waals surface area (Å²) in [4.78, 5) is 2.48. The molecule has 0 spiro atoms. The molecule has 1 aliphatic heterocycles. The van der Waals surface area contributed by atoms with E-state index in [2.05, 4.69) is 24.1 Å². The Labute approximate surface area is 94.2 Å². The van der Waals surface area contributed by atoms with E-state index >= 15 is 0 Å². The van der Waals surface area contributed by atoms with E-state index in [0.717, 1.165) is 25.6 Å². The molecule has 15 heavy (non-hydrogen) atoms. The summed E-state index contributed by atoms with van der Waals surface area (Å²) in [5.41, 5.74) is 0. The summed E-state index contributed by atoms with van der Waals surface area (Å²) in [6.45, 7) is 9.96. The van der Waals surface area contributed by atoms with Crippen LogP contribution in [0.2, 0.25) is 0 Å². The lowest BCUT2D eigenvalue weighted by atomic mass is 9.92. The third-order valence-electron chi connectivity index (χ3n) is 3.44. The van der Waals surface area contributed by atoms with Gasteiger partial charge >= 0.3 is 0 Å². The molecule has 2 unspecified atom stereocenters. The summed E-state index contributed by atoms with van der Waals surface area (Å²) < 4.78 is 5.13. The van der Waals surface area contributed by atoms with E-state index in [-0.39, 0.29) is 0 Å². The predicted molar refractivity (Wildman–Crippen MR) is 64.2 cm³/mol. The number of nitrogens with one attached hydrogen (secondary N) is 1. The SMILES string of the molecule is CCN(CCOC)CC1NCCCC1C. The van der Waals surface area contributed by atoms with Gasteiger partial charge in [-0.2, -0.15) is 0 Å². The second-order valence-corrected chi connectivity index (χ2v) is 4.57. The fourth-order valence-corrected chi connectivity index (χ4v) is 2.24. The van der Waals surface area contributed by atoms with Gasteiger partial charge in [-0.25, -0.2) is 0 Å². The van der Waals surface area contributed by atoms with E-state index in [1.807, 2.05) is 0 Å². The quantitative estimate of drug-likeness (QED) is 0.722. The second kappa shape index (κ2) is 7.20. The van der Waals surface area contributed by atoms with Gasteiger partial charge in [0.05, 0.1) is 6.61 Å². The van der Waals surface area contributed by atoms with Crippen molar-refractivity contribution < 1.29 is 4.74 Å². The number of ether oxygens (including phenoxy) is 1. The molecule has 1 N–H and O–H groups in total. The number of hydrogen-bond donors (Lipinski definition) is 1. The van der Waals surface area contributed by atoms with Gasteiger partial charge in [0.1, 0.15) is 0 Å². The first-order chi connectivity index (χ1) is 7.27. The van der Waals surface area contributed by atoms with Gasteiger partial charge in [-0.15, -0.1) is 0 Å². The highest BCUT2D eigenvalue weighted by molar-refractivity contribution is 4.81. The van der Waals surface area contributed by atoms with Crippen molar-refractivity contribution in [3.05, 3.63) is 0 Å². The Morgan fingerprint density at radius 2 is 2.27 bits per heavy atom. The van der Waals surface area contributed by atoms with Crippen molar-refractivity contribution in [1.82, 2.24) is 10.2 Å². The Hall–Kier alpha value is -0.120. The zero-order valence-corrected chi connectivity index (χ0v) is 10.5. The van der Waals surface area contributed by atoms with Crippen molar-refractivity contribution in [1.29, 1.82) is 0 Å². The molecule has 0 aliphatic carbocycles. The summed E-state index contributed by atoms with van der Waals surface area (Å²) in [5.74, 6) is 0.815. The molecular weight excluding hydrogens is 188 g/mol. The first-order valence-corrected chi connectivity index (χ1v) is 6.22. The summed E-state index contributed by atoms with van der Waals surface area (Å²) in [7, 11) is 1.77. The van der Waals surface area contributed by atoms with Crippen LogP contribution in [0.1, 0.15) is 26.7 Å². The van der Waals surface area contributed by atoms with Gasteiger partial charge in [0.25, 0.3) is 0 Å². The standard InChI is InChI=1S/C12H26N2O/c1-4-14(8-9-15-3)10-12-11(2)6-5-7-13-12/h11-13H,4-10H2,1-3H3. The van der Waals surface area contributed by atoms with Crippen molar-refractivity contribution in [2.45, 2.75) is 32.7 Å². The Balaban J connectivity index is 2.29. The van der Waals surface area contributed by atoms with Crippen molar-refractivity contribution in [3.8, 4) is 0 Å². The van der Waals surface area contributed by atoms with Crippen LogP contribution in [0.4, 0.5) is 0 Å². The molecular formula is C12H26N2O. The molecule has 1 heterocycles. The zero-order chi connectivity index (χ0) is 11.1. The van der Waals surface area contributed by atoms with Crippen LogP contribution in [0.3, 0.4) is 0 Å². The monoisotopic (exact) mass is 214 g/mol. The van der Waals surface area contributed by atoms with Gasteiger partial charge in [0.2, 0.25) is 0 Å². The molecule has 1 saturated heterocycles. The molecule has 0 bridgehead atoms. The third kappa shape index (κ3) is 4.49. The molecule has 0 aromatic heterocycles. The fourth-order valence-electron chi connectivity index (χ4n) is 2.24. The zero-order valence-electron chi connectivity index (χ0n) is 10.5. The van der Waals surface area contributed by atoms with Gasteiger partial charge in [-0.1, -0.05) is 13.8 Å². The molecule has 0 aromatic rings. The van der Waals surface area contributed by atoms with E-state index in [4.69, 9.17) is 4.74 Å². The van der Waals surface area contributed by atoms with Gasteiger partial charge in [0.15, 0.2) is 0 Å². The number of methoxy groups -OCH3 is 1. The van der Waals surface area contributed by atoms with Crippen molar-refractivity contribution in [3.63, 3.8) is 0 Å². The topological polar surface area (TPSA) is 24.5 Å². The summed E-state index contributed by atoms with van der Waals surface area (Å²) in [5, 5.41) is 3.63. The lowest BCUT2D eigenvalue weighted by Crippen LogP contribution is -2.48. The maximum Gasteiger partial charge on any atom is 0.0589 e. The molecule has 3 nitrogen and oxygen atoms in total. The molecule has 3 heteroatoms. The first kappa shape index (κ1) is 12.9. The maximum absolute atomic E-state index is 5.13. The van der Waals surface area contributed by atoms with E-state index in [1.54, 1.807) is 7.11 Å². The molecule has 1 aliphatic rings. The molecule has 90 valence electrons. The number of rotatable bonds is 6. The highest BCUT2D eigenvalue weighted by Crippen LogP contribution is 2.16. The van der Waals surface area contributed by atoms with E-state index in [9.17, 15) is 0 Å². The van der Waals surface area contributed by atoms with Gasteiger partial charge in [0, 0.05) is 26.2 Å². The number of piperidine rings is 1. The van der Waals surface area contributed by atoms with Crippen molar-refractivity contribution in [2.75, 3.05) is 39.9 Å². The lowest BCUT2D eigenvalue weighted by Gasteiger charge is -2.34. The number of nitrogens with zero attached hydrogens (tertiary/aromatic N) is 1. The molecule has 0 radical (unpaired) electrons. The van der Waals surface area contributed by atoms with E-state index in [1.165, 1.54) is 25.9 Å². The largest absolute Gasteiger partial charge is 0.383 e. The molecule has 1 rings (SSSR count). The number of likely N-dealkylation sites (N-methyl/N-ethyl adjacent to an activating group) is 1. The Bertz CT molecular complexity index is 164. The third-order valence-corrected chi connectivity index (χ3v) is 3.44. The highest BCUT2D eigenvalue weighted by Gasteiger charge is 2.22. The minimum absolute atomic E-state index is 0.676. The summed E-state index contributed by atoms with van der Waals surface area (Å²) >= 11 is 0. The Morgan fingerprint density at radius 3 is 2.87 bits per heavy atom. The van der Waals surface area contributed by atoms with Crippen LogP contribution in [0, 0.1) is 5.92 Å². The summed E-state index contributed by atoms with van der Waals surface area (Å²) in [6, 6.07) is 0.676. The molecule has 0 aromatic carbocycles. The minimum atomic E-state index is 0.676. The van der Waals surface area contributed by atoms with Gasteiger partial charge < -0.3 is 10.1 Å². The maximum atomic E-state index is 5.13. The van der Waals surface area contributed by atoms with Gasteiger partial charge in [-0.05, 0) is 31.8 Å². The van der Waals surface area contributed by atoms with Crippen LogP contribution in [-0.4, -0.2) is 50.8 Å². The van der Waals surface area contributed by atoms with E-state index < -0.39 is 0 Å².